The highest BCUT2D eigenvalue weighted by atomic mass is 32.1. The molecule has 1 aliphatic heterocycles. The second-order valence-corrected chi connectivity index (χ2v) is 6.90. The van der Waals surface area contributed by atoms with Crippen LogP contribution in [0.4, 0.5) is 5.13 Å². The molecule has 0 radical (unpaired) electrons. The Balaban J connectivity index is 1.69. The van der Waals surface area contributed by atoms with Crippen LogP contribution < -0.4 is 4.90 Å². The molecule has 1 aliphatic rings. The molecule has 0 saturated carbocycles. The van der Waals surface area contributed by atoms with Crippen LogP contribution in [0.5, 0.6) is 0 Å². The highest BCUT2D eigenvalue weighted by molar-refractivity contribution is 7.13. The molecule has 2 aromatic rings. The molecule has 3 heterocycles. The van der Waals surface area contributed by atoms with Crippen molar-refractivity contribution in [2.45, 2.75) is 26.7 Å². The van der Waals surface area contributed by atoms with Gasteiger partial charge in [-0.3, -0.25) is 4.79 Å². The Labute approximate surface area is 137 Å². The molecular formula is C14H19N5OS2. The van der Waals surface area contributed by atoms with Gasteiger partial charge >= 0.3 is 0 Å². The number of hydrogen-bond donors (Lipinski definition) is 0. The molecule has 1 fully saturated rings. The van der Waals surface area contributed by atoms with Crippen molar-refractivity contribution in [3.63, 3.8) is 0 Å². The molecule has 0 spiro atoms. The van der Waals surface area contributed by atoms with E-state index in [9.17, 15) is 4.79 Å². The summed E-state index contributed by atoms with van der Waals surface area (Å²) in [6.45, 7) is 7.28. The molecule has 1 amide bonds. The van der Waals surface area contributed by atoms with Crippen molar-refractivity contribution in [1.29, 1.82) is 0 Å². The van der Waals surface area contributed by atoms with Gasteiger partial charge < -0.3 is 9.80 Å². The lowest BCUT2D eigenvalue weighted by atomic mass is 10.2. The van der Waals surface area contributed by atoms with Gasteiger partial charge in [0, 0.05) is 31.6 Å². The van der Waals surface area contributed by atoms with Gasteiger partial charge in [-0.15, -0.1) is 16.4 Å². The average molecular weight is 337 g/mol. The fourth-order valence-electron chi connectivity index (χ4n) is 2.54. The van der Waals surface area contributed by atoms with Gasteiger partial charge in [0.1, 0.15) is 4.88 Å². The summed E-state index contributed by atoms with van der Waals surface area (Å²) in [5.74, 6) is 0.0732. The van der Waals surface area contributed by atoms with Gasteiger partial charge in [-0.2, -0.15) is 0 Å². The van der Waals surface area contributed by atoms with Gasteiger partial charge in [-0.25, -0.2) is 4.98 Å². The van der Waals surface area contributed by atoms with E-state index >= 15 is 0 Å². The second-order valence-electron chi connectivity index (χ2n) is 5.31. The van der Waals surface area contributed by atoms with E-state index in [1.807, 2.05) is 18.7 Å². The van der Waals surface area contributed by atoms with Crippen LogP contribution in [-0.2, 0) is 6.42 Å². The monoisotopic (exact) mass is 337 g/mol. The number of thiazole rings is 1. The molecule has 8 heteroatoms. The van der Waals surface area contributed by atoms with Crippen molar-refractivity contribution >= 4 is 33.9 Å². The van der Waals surface area contributed by atoms with Crippen LogP contribution in [0, 0.1) is 6.92 Å². The molecule has 0 aromatic carbocycles. The number of nitrogens with zero attached hydrogens (tertiary/aromatic N) is 5. The highest BCUT2D eigenvalue weighted by Crippen LogP contribution is 2.22. The van der Waals surface area contributed by atoms with E-state index in [0.717, 1.165) is 55.5 Å². The van der Waals surface area contributed by atoms with Crippen molar-refractivity contribution in [2.24, 2.45) is 0 Å². The van der Waals surface area contributed by atoms with Crippen LogP contribution in [0.3, 0.4) is 0 Å². The largest absolute Gasteiger partial charge is 0.346 e. The van der Waals surface area contributed by atoms with Crippen molar-refractivity contribution in [1.82, 2.24) is 19.5 Å². The van der Waals surface area contributed by atoms with E-state index in [-0.39, 0.29) is 5.91 Å². The third-order valence-electron chi connectivity index (χ3n) is 3.75. The number of carbonyl (C=O) groups is 1. The zero-order valence-electron chi connectivity index (χ0n) is 12.8. The fraction of sp³-hybridized carbons (Fsp3) is 0.571. The minimum atomic E-state index is 0.0732. The van der Waals surface area contributed by atoms with Crippen LogP contribution in [0.2, 0.25) is 0 Å². The minimum absolute atomic E-state index is 0.0732. The van der Waals surface area contributed by atoms with Gasteiger partial charge in [0.2, 0.25) is 0 Å². The van der Waals surface area contributed by atoms with Crippen molar-refractivity contribution in [3.05, 3.63) is 21.6 Å². The first kappa shape index (κ1) is 15.4. The van der Waals surface area contributed by atoms with Crippen molar-refractivity contribution in [2.75, 3.05) is 31.1 Å². The quantitative estimate of drug-likeness (QED) is 0.859. The second kappa shape index (κ2) is 6.70. The predicted molar refractivity (Wildman–Crippen MR) is 88.9 cm³/mol. The maximum Gasteiger partial charge on any atom is 0.267 e. The van der Waals surface area contributed by atoms with Crippen LogP contribution >= 0.6 is 22.9 Å². The van der Waals surface area contributed by atoms with Gasteiger partial charge in [-0.1, -0.05) is 11.4 Å². The van der Waals surface area contributed by atoms with Crippen LogP contribution in [0.25, 0.3) is 0 Å². The Morgan fingerprint density at radius 3 is 2.91 bits per heavy atom. The summed E-state index contributed by atoms with van der Waals surface area (Å²) in [5, 5.41) is 7.17. The Bertz CT molecular complexity index is 653. The maximum atomic E-state index is 12.7. The number of hydrogen-bond acceptors (Lipinski definition) is 7. The van der Waals surface area contributed by atoms with Crippen LogP contribution in [0.1, 0.15) is 34.4 Å². The third kappa shape index (κ3) is 3.12. The molecule has 0 aliphatic carbocycles. The molecule has 3 rings (SSSR count). The topological polar surface area (TPSA) is 62.2 Å². The molecule has 0 atom stereocenters. The van der Waals surface area contributed by atoms with Gasteiger partial charge in [0.25, 0.3) is 5.91 Å². The number of aryl methyl sites for hydroxylation is 2. The molecule has 22 heavy (non-hydrogen) atoms. The number of carbonyl (C=O) groups excluding carboxylic acids is 1. The zero-order chi connectivity index (χ0) is 15.5. The lowest BCUT2D eigenvalue weighted by molar-refractivity contribution is 0.0770. The zero-order valence-corrected chi connectivity index (χ0v) is 14.4. The van der Waals surface area contributed by atoms with Crippen LogP contribution in [0.15, 0.2) is 5.38 Å². The molecule has 6 nitrogen and oxygen atoms in total. The van der Waals surface area contributed by atoms with E-state index in [4.69, 9.17) is 0 Å². The Morgan fingerprint density at radius 2 is 2.18 bits per heavy atom. The summed E-state index contributed by atoms with van der Waals surface area (Å²) in [6, 6.07) is 0. The lowest BCUT2D eigenvalue weighted by Crippen LogP contribution is -2.35. The summed E-state index contributed by atoms with van der Waals surface area (Å²) in [5.41, 5.74) is 1.87. The number of aromatic nitrogens is 3. The van der Waals surface area contributed by atoms with E-state index in [1.54, 1.807) is 11.3 Å². The summed E-state index contributed by atoms with van der Waals surface area (Å²) in [6.07, 6.45) is 1.70. The third-order valence-corrected chi connectivity index (χ3v) is 5.52. The standard InChI is InChI=1S/C14H19N5OS2/c1-3-11-12(22-17-16-11)13(20)18-5-4-6-19(8-7-18)14-15-10(2)9-21-14/h9H,3-8H2,1-2H3. The highest BCUT2D eigenvalue weighted by Gasteiger charge is 2.24. The Kier molecular flexibility index (Phi) is 4.68. The average Bonchev–Trinajstić information content (AvgIpc) is 3.09. The molecule has 0 unspecified atom stereocenters. The predicted octanol–water partition coefficient (Wildman–Crippen LogP) is 2.22. The summed E-state index contributed by atoms with van der Waals surface area (Å²) in [4.78, 5) is 22.1. The lowest BCUT2D eigenvalue weighted by Gasteiger charge is -2.21. The molecule has 0 N–H and O–H groups in total. The van der Waals surface area contributed by atoms with E-state index in [1.165, 1.54) is 11.5 Å². The first-order chi connectivity index (χ1) is 10.7. The van der Waals surface area contributed by atoms with E-state index in [2.05, 4.69) is 24.9 Å². The van der Waals surface area contributed by atoms with E-state index < -0.39 is 0 Å². The number of anilines is 1. The number of amides is 1. The smallest absolute Gasteiger partial charge is 0.267 e. The Hall–Kier alpha value is -1.54. The summed E-state index contributed by atoms with van der Waals surface area (Å²) < 4.78 is 3.92. The van der Waals surface area contributed by atoms with Gasteiger partial charge in [0.15, 0.2) is 5.13 Å². The molecule has 0 bridgehead atoms. The number of rotatable bonds is 3. The van der Waals surface area contributed by atoms with E-state index in [0.29, 0.717) is 4.88 Å². The van der Waals surface area contributed by atoms with Crippen LogP contribution in [-0.4, -0.2) is 51.6 Å². The molecule has 2 aromatic heterocycles. The summed E-state index contributed by atoms with van der Waals surface area (Å²) >= 11 is 2.88. The summed E-state index contributed by atoms with van der Waals surface area (Å²) in [7, 11) is 0. The molecule has 118 valence electrons. The van der Waals surface area contributed by atoms with Gasteiger partial charge in [-0.05, 0) is 31.3 Å². The van der Waals surface area contributed by atoms with Crippen molar-refractivity contribution < 1.29 is 4.79 Å². The fourth-order valence-corrected chi connectivity index (χ4v) is 4.12. The SMILES string of the molecule is CCc1nnsc1C(=O)N1CCCN(c2nc(C)cs2)CC1. The normalized spacial score (nSPS) is 15.9. The van der Waals surface area contributed by atoms with Crippen molar-refractivity contribution in [3.8, 4) is 0 Å². The first-order valence-electron chi connectivity index (χ1n) is 7.46. The Morgan fingerprint density at radius 1 is 1.32 bits per heavy atom. The molecular weight excluding hydrogens is 318 g/mol. The first-order valence-corrected chi connectivity index (χ1v) is 9.12. The van der Waals surface area contributed by atoms with Gasteiger partial charge in [0.05, 0.1) is 11.4 Å². The molecule has 1 saturated heterocycles. The maximum absolute atomic E-state index is 12.7. The minimum Gasteiger partial charge on any atom is -0.346 e.